The first-order chi connectivity index (χ1) is 9.69. The van der Waals surface area contributed by atoms with Crippen molar-refractivity contribution < 1.29 is 0 Å². The van der Waals surface area contributed by atoms with Crippen molar-refractivity contribution in [2.45, 2.75) is 36.7 Å². The van der Waals surface area contributed by atoms with Crippen LogP contribution in [0.1, 0.15) is 24.5 Å². The van der Waals surface area contributed by atoms with Gasteiger partial charge in [-0.3, -0.25) is 0 Å². The number of halogens is 1. The molecule has 0 unspecified atom stereocenters. The van der Waals surface area contributed by atoms with E-state index in [1.807, 2.05) is 30.5 Å². The van der Waals surface area contributed by atoms with Crippen molar-refractivity contribution in [3.8, 4) is 0 Å². The van der Waals surface area contributed by atoms with E-state index in [1.165, 1.54) is 11.1 Å². The van der Waals surface area contributed by atoms with E-state index in [-0.39, 0.29) is 0 Å². The smallest absolute Gasteiger partial charge is 0.104 e. The van der Waals surface area contributed by atoms with Gasteiger partial charge in [0.2, 0.25) is 0 Å². The van der Waals surface area contributed by atoms with E-state index in [9.17, 15) is 0 Å². The maximum absolute atomic E-state index is 5.90. The lowest BCUT2D eigenvalue weighted by molar-refractivity contribution is 0.672. The predicted octanol–water partition coefficient (Wildman–Crippen LogP) is 4.69. The number of rotatable bonds is 6. The summed E-state index contributed by atoms with van der Waals surface area (Å²) in [7, 11) is 0. The van der Waals surface area contributed by atoms with Crippen LogP contribution < -0.4 is 5.32 Å². The van der Waals surface area contributed by atoms with Crippen LogP contribution in [-0.4, -0.2) is 11.5 Å². The molecule has 106 valence electrons. The number of hydrogen-bond donors (Lipinski definition) is 1. The van der Waals surface area contributed by atoms with Gasteiger partial charge >= 0.3 is 0 Å². The van der Waals surface area contributed by atoms with Gasteiger partial charge in [-0.2, -0.15) is 0 Å². The molecule has 0 aliphatic heterocycles. The first-order valence-corrected chi connectivity index (χ1v) is 7.98. The Morgan fingerprint density at radius 3 is 2.65 bits per heavy atom. The minimum atomic E-state index is 0.761. The third-order valence-electron chi connectivity index (χ3n) is 2.87. The van der Waals surface area contributed by atoms with Gasteiger partial charge in [0.25, 0.3) is 0 Å². The molecule has 1 aromatic carbocycles. The van der Waals surface area contributed by atoms with Gasteiger partial charge in [-0.15, -0.1) is 0 Å². The molecule has 1 heterocycles. The number of benzene rings is 1. The highest BCUT2D eigenvalue weighted by atomic mass is 35.5. The molecule has 1 aromatic heterocycles. The van der Waals surface area contributed by atoms with Crippen molar-refractivity contribution in [2.75, 3.05) is 6.54 Å². The Labute approximate surface area is 130 Å². The summed E-state index contributed by atoms with van der Waals surface area (Å²) in [4.78, 5) is 5.72. The Balaban J connectivity index is 2.03. The van der Waals surface area contributed by atoms with Crippen molar-refractivity contribution in [1.29, 1.82) is 0 Å². The highest BCUT2D eigenvalue weighted by Crippen LogP contribution is 2.29. The topological polar surface area (TPSA) is 24.9 Å². The number of hydrogen-bond acceptors (Lipinski definition) is 3. The first kappa shape index (κ1) is 15.4. The molecule has 0 atom stereocenters. The zero-order valence-electron chi connectivity index (χ0n) is 11.8. The van der Waals surface area contributed by atoms with Gasteiger partial charge in [-0.25, -0.2) is 4.98 Å². The third-order valence-corrected chi connectivity index (χ3v) is 4.25. The van der Waals surface area contributed by atoms with E-state index in [0.717, 1.165) is 34.5 Å². The summed E-state index contributed by atoms with van der Waals surface area (Å²) in [6.45, 7) is 6.20. The lowest BCUT2D eigenvalue weighted by Crippen LogP contribution is -2.14. The van der Waals surface area contributed by atoms with Gasteiger partial charge < -0.3 is 5.32 Å². The van der Waals surface area contributed by atoms with E-state index >= 15 is 0 Å². The number of nitrogens with one attached hydrogen (secondary N) is 1. The van der Waals surface area contributed by atoms with Crippen LogP contribution in [0.5, 0.6) is 0 Å². The lowest BCUT2D eigenvalue weighted by atomic mass is 10.2. The molecule has 0 amide bonds. The average molecular weight is 307 g/mol. The third kappa shape index (κ3) is 4.51. The van der Waals surface area contributed by atoms with E-state index < -0.39 is 0 Å². The highest BCUT2D eigenvalue weighted by molar-refractivity contribution is 7.99. The van der Waals surface area contributed by atoms with Crippen LogP contribution in [0.3, 0.4) is 0 Å². The fourth-order valence-corrected chi connectivity index (χ4v) is 2.79. The van der Waals surface area contributed by atoms with Crippen molar-refractivity contribution in [3.05, 3.63) is 52.7 Å². The van der Waals surface area contributed by atoms with Crippen LogP contribution in [0.2, 0.25) is 5.02 Å². The number of aromatic nitrogens is 1. The maximum atomic E-state index is 5.90. The highest BCUT2D eigenvalue weighted by Gasteiger charge is 2.04. The molecule has 4 heteroatoms. The monoisotopic (exact) mass is 306 g/mol. The largest absolute Gasteiger partial charge is 0.313 e. The minimum absolute atomic E-state index is 0.761. The van der Waals surface area contributed by atoms with Crippen molar-refractivity contribution in [2.24, 2.45) is 0 Å². The van der Waals surface area contributed by atoms with Gasteiger partial charge in [0.15, 0.2) is 0 Å². The molecule has 0 aliphatic rings. The maximum Gasteiger partial charge on any atom is 0.104 e. The Morgan fingerprint density at radius 1 is 1.25 bits per heavy atom. The quantitative estimate of drug-likeness (QED) is 0.783. The van der Waals surface area contributed by atoms with Crippen LogP contribution in [0.15, 0.2) is 46.5 Å². The number of aryl methyl sites for hydroxylation is 1. The standard InChI is InChI=1S/C16H19ClN2S/c1-3-8-18-10-13-9-12(2)16(19-11-13)20-15-6-4-14(17)5-7-15/h4-7,9,11,18H,3,8,10H2,1-2H3. The summed E-state index contributed by atoms with van der Waals surface area (Å²) in [5.41, 5.74) is 2.44. The normalized spacial score (nSPS) is 10.8. The molecule has 2 rings (SSSR count). The van der Waals surface area contributed by atoms with Crippen molar-refractivity contribution in [1.82, 2.24) is 10.3 Å². The van der Waals surface area contributed by atoms with Gasteiger partial charge in [-0.1, -0.05) is 36.4 Å². The van der Waals surface area contributed by atoms with Crippen LogP contribution in [0.25, 0.3) is 0 Å². The molecular formula is C16H19ClN2S. The molecule has 1 N–H and O–H groups in total. The molecule has 20 heavy (non-hydrogen) atoms. The van der Waals surface area contributed by atoms with Gasteiger partial charge in [0.1, 0.15) is 5.03 Å². The second kappa shape index (κ2) is 7.67. The molecule has 0 spiro atoms. The van der Waals surface area contributed by atoms with E-state index in [2.05, 4.69) is 30.2 Å². The predicted molar refractivity (Wildman–Crippen MR) is 86.5 cm³/mol. The Morgan fingerprint density at radius 2 is 2.00 bits per heavy atom. The van der Waals surface area contributed by atoms with Gasteiger partial charge in [0.05, 0.1) is 0 Å². The summed E-state index contributed by atoms with van der Waals surface area (Å²) in [5, 5.41) is 5.20. The summed E-state index contributed by atoms with van der Waals surface area (Å²) < 4.78 is 0. The summed E-state index contributed by atoms with van der Waals surface area (Å²) in [6.07, 6.45) is 3.10. The molecule has 0 aliphatic carbocycles. The molecule has 0 bridgehead atoms. The van der Waals surface area contributed by atoms with E-state index in [0.29, 0.717) is 0 Å². The second-order valence-corrected chi connectivity index (χ2v) is 6.20. The van der Waals surface area contributed by atoms with Crippen LogP contribution in [0.4, 0.5) is 0 Å². The number of pyridine rings is 1. The Hall–Kier alpha value is -1.03. The lowest BCUT2D eigenvalue weighted by Gasteiger charge is -2.08. The van der Waals surface area contributed by atoms with Crippen molar-refractivity contribution >= 4 is 23.4 Å². The summed E-state index contributed by atoms with van der Waals surface area (Å²) in [5.74, 6) is 0. The molecule has 0 saturated carbocycles. The molecular weight excluding hydrogens is 288 g/mol. The first-order valence-electron chi connectivity index (χ1n) is 6.78. The van der Waals surface area contributed by atoms with Crippen molar-refractivity contribution in [3.63, 3.8) is 0 Å². The fourth-order valence-electron chi connectivity index (χ4n) is 1.85. The molecule has 0 fully saturated rings. The van der Waals surface area contributed by atoms with Crippen LogP contribution in [0, 0.1) is 6.92 Å². The van der Waals surface area contributed by atoms with Gasteiger partial charge in [0, 0.05) is 22.7 Å². The molecule has 0 radical (unpaired) electrons. The average Bonchev–Trinajstić information content (AvgIpc) is 2.44. The molecule has 0 saturated heterocycles. The summed E-state index contributed by atoms with van der Waals surface area (Å²) >= 11 is 7.57. The second-order valence-electron chi connectivity index (χ2n) is 4.70. The Kier molecular flexibility index (Phi) is 5.89. The fraction of sp³-hybridized carbons (Fsp3) is 0.312. The minimum Gasteiger partial charge on any atom is -0.313 e. The van der Waals surface area contributed by atoms with Crippen LogP contribution >= 0.6 is 23.4 Å². The van der Waals surface area contributed by atoms with Crippen LogP contribution in [-0.2, 0) is 6.54 Å². The molecule has 2 aromatic rings. The van der Waals surface area contributed by atoms with E-state index in [4.69, 9.17) is 11.6 Å². The van der Waals surface area contributed by atoms with E-state index in [1.54, 1.807) is 11.8 Å². The SMILES string of the molecule is CCCNCc1cnc(Sc2ccc(Cl)cc2)c(C)c1. The summed E-state index contributed by atoms with van der Waals surface area (Å²) in [6, 6.07) is 10.0. The number of nitrogens with zero attached hydrogens (tertiary/aromatic N) is 1. The van der Waals surface area contributed by atoms with Gasteiger partial charge in [-0.05, 0) is 55.3 Å². The Bertz CT molecular complexity index is 555. The molecule has 2 nitrogen and oxygen atoms in total. The zero-order chi connectivity index (χ0) is 14.4. The zero-order valence-corrected chi connectivity index (χ0v) is 13.4.